The van der Waals surface area contributed by atoms with Gasteiger partial charge in [0.05, 0.1) is 16.0 Å². The summed E-state index contributed by atoms with van der Waals surface area (Å²) in [7, 11) is 1.50. The molecular weight excluding hydrogens is 438 g/mol. The number of piperazine rings is 1. The van der Waals surface area contributed by atoms with Crippen LogP contribution in [0.25, 0.3) is 27.9 Å². The first-order valence-electron chi connectivity index (χ1n) is 10.9. The summed E-state index contributed by atoms with van der Waals surface area (Å²) in [6, 6.07) is 14.0. The van der Waals surface area contributed by atoms with Crippen LogP contribution in [-0.4, -0.2) is 74.7 Å². The molecule has 0 unspecified atom stereocenters. The maximum atomic E-state index is 12.4. The zero-order valence-electron chi connectivity index (χ0n) is 18.8. The van der Waals surface area contributed by atoms with Crippen molar-refractivity contribution in [1.29, 1.82) is 0 Å². The molecule has 11 heteroatoms. The van der Waals surface area contributed by atoms with Gasteiger partial charge in [0.25, 0.3) is 5.69 Å². The standard InChI is InChI=1S/C23H23N7O4/c1-15-13-27(11-12-28(15)20(31)14-34-2)23-24-18-9-5-3-7-16(18)21-25-26-22(29(21)23)17-8-4-6-10-19(17)30(32)33/h3-10,15H,11-14H2,1-2H3/t15-/m1/s1. The Morgan fingerprint density at radius 2 is 1.91 bits per heavy atom. The summed E-state index contributed by atoms with van der Waals surface area (Å²) in [5.41, 5.74) is 1.62. The minimum Gasteiger partial charge on any atom is -0.375 e. The molecule has 0 radical (unpaired) electrons. The topological polar surface area (TPSA) is 119 Å². The Balaban J connectivity index is 1.67. The number of amides is 1. The van der Waals surface area contributed by atoms with Crippen molar-refractivity contribution >= 4 is 34.1 Å². The van der Waals surface area contributed by atoms with E-state index in [1.54, 1.807) is 27.5 Å². The van der Waals surface area contributed by atoms with Crippen molar-refractivity contribution < 1.29 is 14.5 Å². The number of aromatic nitrogens is 4. The van der Waals surface area contributed by atoms with Gasteiger partial charge in [-0.05, 0) is 25.1 Å². The predicted molar refractivity (Wildman–Crippen MR) is 126 cm³/mol. The molecule has 0 spiro atoms. The molecule has 1 aliphatic rings. The Labute approximate surface area is 194 Å². The van der Waals surface area contributed by atoms with E-state index < -0.39 is 4.92 Å². The van der Waals surface area contributed by atoms with E-state index in [1.165, 1.54) is 13.2 Å². The zero-order valence-corrected chi connectivity index (χ0v) is 18.8. The summed E-state index contributed by atoms with van der Waals surface area (Å²) >= 11 is 0. The van der Waals surface area contributed by atoms with Gasteiger partial charge >= 0.3 is 0 Å². The fourth-order valence-corrected chi connectivity index (χ4v) is 4.49. The summed E-state index contributed by atoms with van der Waals surface area (Å²) in [5.74, 6) is 0.870. The van der Waals surface area contributed by atoms with Crippen LogP contribution in [0.3, 0.4) is 0 Å². The Kier molecular flexibility index (Phi) is 5.54. The minimum atomic E-state index is -0.424. The fourth-order valence-electron chi connectivity index (χ4n) is 4.49. The van der Waals surface area contributed by atoms with E-state index in [2.05, 4.69) is 15.1 Å². The molecule has 0 aliphatic carbocycles. The molecule has 1 fully saturated rings. The molecule has 1 aliphatic heterocycles. The number of ether oxygens (including phenoxy) is 1. The monoisotopic (exact) mass is 461 g/mol. The van der Waals surface area contributed by atoms with Gasteiger partial charge in [0.1, 0.15) is 6.61 Å². The largest absolute Gasteiger partial charge is 0.375 e. The third-order valence-electron chi connectivity index (χ3n) is 6.07. The van der Waals surface area contributed by atoms with Gasteiger partial charge in [-0.2, -0.15) is 0 Å². The third-order valence-corrected chi connectivity index (χ3v) is 6.07. The lowest BCUT2D eigenvalue weighted by Gasteiger charge is -2.40. The molecule has 0 bridgehead atoms. The van der Waals surface area contributed by atoms with E-state index in [9.17, 15) is 14.9 Å². The molecule has 2 aromatic carbocycles. The highest BCUT2D eigenvalue weighted by Crippen LogP contribution is 2.33. The van der Waals surface area contributed by atoms with E-state index in [0.717, 1.165) is 10.9 Å². The van der Waals surface area contributed by atoms with Gasteiger partial charge in [0, 0.05) is 44.2 Å². The van der Waals surface area contributed by atoms with Crippen molar-refractivity contribution in [2.75, 3.05) is 38.3 Å². The lowest BCUT2D eigenvalue weighted by atomic mass is 10.1. The van der Waals surface area contributed by atoms with Gasteiger partial charge < -0.3 is 14.5 Å². The first kappa shape index (κ1) is 21.7. The molecule has 2 aromatic heterocycles. The molecule has 0 saturated carbocycles. The van der Waals surface area contributed by atoms with Crippen molar-refractivity contribution in [3.8, 4) is 11.4 Å². The van der Waals surface area contributed by atoms with E-state index in [-0.39, 0.29) is 24.2 Å². The van der Waals surface area contributed by atoms with Gasteiger partial charge in [-0.1, -0.05) is 24.3 Å². The SMILES string of the molecule is COCC(=O)N1CCN(c2nc3ccccc3c3nnc(-c4ccccc4[N+](=O)[O-])n23)C[C@H]1C. The Morgan fingerprint density at radius 3 is 2.68 bits per heavy atom. The number of methoxy groups -OCH3 is 1. The second kappa shape index (κ2) is 8.67. The maximum Gasteiger partial charge on any atom is 0.280 e. The molecule has 4 aromatic rings. The number of benzene rings is 2. The van der Waals surface area contributed by atoms with Crippen LogP contribution in [0.4, 0.5) is 11.6 Å². The number of nitro groups is 1. The molecule has 1 amide bonds. The molecule has 1 atom stereocenters. The van der Waals surface area contributed by atoms with Crippen LogP contribution in [0.1, 0.15) is 6.92 Å². The Hall–Kier alpha value is -4.12. The average molecular weight is 461 g/mol. The van der Waals surface area contributed by atoms with Crippen LogP contribution in [0.2, 0.25) is 0 Å². The van der Waals surface area contributed by atoms with Crippen LogP contribution in [0.15, 0.2) is 48.5 Å². The number of hydrogen-bond acceptors (Lipinski definition) is 8. The van der Waals surface area contributed by atoms with Gasteiger partial charge in [-0.25, -0.2) is 9.38 Å². The lowest BCUT2D eigenvalue weighted by Crippen LogP contribution is -2.55. The third kappa shape index (κ3) is 3.59. The summed E-state index contributed by atoms with van der Waals surface area (Å²) in [5, 5.41) is 21.3. The highest BCUT2D eigenvalue weighted by atomic mass is 16.6. The summed E-state index contributed by atoms with van der Waals surface area (Å²) in [6.07, 6.45) is 0. The summed E-state index contributed by atoms with van der Waals surface area (Å²) < 4.78 is 6.80. The summed E-state index contributed by atoms with van der Waals surface area (Å²) in [4.78, 5) is 32.5. The normalized spacial score (nSPS) is 16.4. The number of rotatable bonds is 5. The molecule has 0 N–H and O–H groups in total. The average Bonchev–Trinajstić information content (AvgIpc) is 3.29. The van der Waals surface area contributed by atoms with Crippen LogP contribution < -0.4 is 4.90 Å². The second-order valence-electron chi connectivity index (χ2n) is 8.20. The van der Waals surface area contributed by atoms with Crippen LogP contribution in [0.5, 0.6) is 0 Å². The lowest BCUT2D eigenvalue weighted by molar-refractivity contribution is -0.384. The number of nitrogens with zero attached hydrogens (tertiary/aromatic N) is 7. The van der Waals surface area contributed by atoms with Crippen molar-refractivity contribution in [3.05, 3.63) is 58.6 Å². The number of fused-ring (bicyclic) bond motifs is 3. The van der Waals surface area contributed by atoms with Crippen LogP contribution in [0, 0.1) is 10.1 Å². The molecule has 5 rings (SSSR count). The van der Waals surface area contributed by atoms with Crippen LogP contribution in [-0.2, 0) is 9.53 Å². The molecule has 34 heavy (non-hydrogen) atoms. The van der Waals surface area contributed by atoms with Crippen molar-refractivity contribution in [2.45, 2.75) is 13.0 Å². The van der Waals surface area contributed by atoms with E-state index in [0.29, 0.717) is 42.6 Å². The molecule has 1 saturated heterocycles. The molecule has 174 valence electrons. The van der Waals surface area contributed by atoms with Crippen LogP contribution >= 0.6 is 0 Å². The molecule has 3 heterocycles. The van der Waals surface area contributed by atoms with E-state index in [1.807, 2.05) is 31.2 Å². The van der Waals surface area contributed by atoms with Gasteiger partial charge in [-0.15, -0.1) is 10.2 Å². The first-order chi connectivity index (χ1) is 16.5. The fraction of sp³-hybridized carbons (Fsp3) is 0.304. The smallest absolute Gasteiger partial charge is 0.280 e. The van der Waals surface area contributed by atoms with Gasteiger partial charge in [0.2, 0.25) is 11.9 Å². The Bertz CT molecular complexity index is 1400. The number of hydrogen-bond donors (Lipinski definition) is 0. The van der Waals surface area contributed by atoms with Gasteiger partial charge in [-0.3, -0.25) is 14.9 Å². The second-order valence-corrected chi connectivity index (χ2v) is 8.20. The first-order valence-corrected chi connectivity index (χ1v) is 10.9. The minimum absolute atomic E-state index is 0.0378. The number of para-hydroxylation sites is 2. The van der Waals surface area contributed by atoms with Crippen molar-refractivity contribution in [1.82, 2.24) is 24.5 Å². The highest BCUT2D eigenvalue weighted by Gasteiger charge is 2.31. The number of carbonyl (C=O) groups is 1. The van der Waals surface area contributed by atoms with E-state index >= 15 is 0 Å². The number of anilines is 1. The van der Waals surface area contributed by atoms with Gasteiger partial charge in [0.15, 0.2) is 11.5 Å². The molecular formula is C23H23N7O4. The van der Waals surface area contributed by atoms with Crippen molar-refractivity contribution in [3.63, 3.8) is 0 Å². The Morgan fingerprint density at radius 1 is 1.15 bits per heavy atom. The quantitative estimate of drug-likeness (QED) is 0.329. The number of nitro benzene ring substituents is 1. The summed E-state index contributed by atoms with van der Waals surface area (Å²) in [6.45, 7) is 3.59. The zero-order chi connectivity index (χ0) is 23.8. The highest BCUT2D eigenvalue weighted by molar-refractivity contribution is 5.93. The van der Waals surface area contributed by atoms with E-state index in [4.69, 9.17) is 9.72 Å². The maximum absolute atomic E-state index is 12.4. The van der Waals surface area contributed by atoms with Crippen molar-refractivity contribution in [2.24, 2.45) is 0 Å². The predicted octanol–water partition coefficient (Wildman–Crippen LogP) is 2.54. The number of carbonyl (C=O) groups excluding carboxylic acids is 1. The molecule has 11 nitrogen and oxygen atoms in total.